The summed E-state index contributed by atoms with van der Waals surface area (Å²) >= 11 is 0. The Bertz CT molecular complexity index is 541. The predicted octanol–water partition coefficient (Wildman–Crippen LogP) is 0.918. The van der Waals surface area contributed by atoms with Crippen molar-refractivity contribution >= 4 is 0 Å². The molecular formula is C12H17N5O2. The van der Waals surface area contributed by atoms with Crippen molar-refractivity contribution in [2.24, 2.45) is 5.73 Å². The Hall–Kier alpha value is -2.15. The lowest BCUT2D eigenvalue weighted by Crippen LogP contribution is -2.10. The van der Waals surface area contributed by atoms with E-state index in [4.69, 9.17) is 15.2 Å². The summed E-state index contributed by atoms with van der Waals surface area (Å²) in [6.45, 7) is 5.24. The van der Waals surface area contributed by atoms with Crippen molar-refractivity contribution in [2.45, 2.75) is 20.4 Å². The second kappa shape index (κ2) is 6.14. The quantitative estimate of drug-likeness (QED) is 0.833. The molecule has 7 nitrogen and oxygen atoms in total. The summed E-state index contributed by atoms with van der Waals surface area (Å²) in [5.74, 6) is 1.99. The van der Waals surface area contributed by atoms with Crippen molar-refractivity contribution in [3.8, 4) is 17.2 Å². The van der Waals surface area contributed by atoms with E-state index in [0.717, 1.165) is 11.4 Å². The van der Waals surface area contributed by atoms with Crippen LogP contribution in [0.3, 0.4) is 0 Å². The van der Waals surface area contributed by atoms with E-state index < -0.39 is 0 Å². The number of tetrazole rings is 1. The van der Waals surface area contributed by atoms with Crippen LogP contribution in [0.15, 0.2) is 18.2 Å². The van der Waals surface area contributed by atoms with Crippen molar-refractivity contribution in [1.82, 2.24) is 20.2 Å². The van der Waals surface area contributed by atoms with Crippen molar-refractivity contribution in [2.75, 3.05) is 13.2 Å². The minimum absolute atomic E-state index is 0.247. The fourth-order valence-corrected chi connectivity index (χ4v) is 1.72. The zero-order valence-electron chi connectivity index (χ0n) is 11.0. The maximum absolute atomic E-state index is 5.62. The van der Waals surface area contributed by atoms with Gasteiger partial charge in [-0.1, -0.05) is 0 Å². The maximum atomic E-state index is 5.62. The molecule has 2 aromatic rings. The fourth-order valence-electron chi connectivity index (χ4n) is 1.72. The third-order valence-corrected chi connectivity index (χ3v) is 2.49. The Labute approximate surface area is 111 Å². The molecule has 1 heterocycles. The van der Waals surface area contributed by atoms with E-state index in [-0.39, 0.29) is 6.54 Å². The molecule has 2 N–H and O–H groups in total. The van der Waals surface area contributed by atoms with Crippen LogP contribution in [0, 0.1) is 0 Å². The molecule has 0 aliphatic heterocycles. The average molecular weight is 263 g/mol. The first kappa shape index (κ1) is 13.3. The van der Waals surface area contributed by atoms with Gasteiger partial charge in [-0.3, -0.25) is 0 Å². The van der Waals surface area contributed by atoms with Crippen molar-refractivity contribution in [1.29, 1.82) is 0 Å². The van der Waals surface area contributed by atoms with Crippen LogP contribution in [0.4, 0.5) is 0 Å². The van der Waals surface area contributed by atoms with E-state index in [1.807, 2.05) is 32.0 Å². The molecule has 2 rings (SSSR count). The topological polar surface area (TPSA) is 88.1 Å². The highest BCUT2D eigenvalue weighted by molar-refractivity contribution is 5.51. The molecular weight excluding hydrogens is 246 g/mol. The van der Waals surface area contributed by atoms with Gasteiger partial charge in [0.1, 0.15) is 17.2 Å². The number of aromatic nitrogens is 4. The van der Waals surface area contributed by atoms with Crippen LogP contribution in [0.2, 0.25) is 0 Å². The zero-order valence-corrected chi connectivity index (χ0v) is 11.0. The normalized spacial score (nSPS) is 10.5. The Morgan fingerprint density at radius 1 is 1.21 bits per heavy atom. The van der Waals surface area contributed by atoms with Gasteiger partial charge in [0.05, 0.1) is 19.8 Å². The molecule has 0 saturated carbocycles. The van der Waals surface area contributed by atoms with E-state index in [1.165, 1.54) is 0 Å². The molecule has 1 aromatic carbocycles. The first-order valence-electron chi connectivity index (χ1n) is 6.17. The Kier molecular flexibility index (Phi) is 4.30. The lowest BCUT2D eigenvalue weighted by atomic mass is 10.2. The summed E-state index contributed by atoms with van der Waals surface area (Å²) in [7, 11) is 0. The van der Waals surface area contributed by atoms with Crippen LogP contribution in [0.5, 0.6) is 11.5 Å². The molecule has 0 bridgehead atoms. The summed E-state index contributed by atoms with van der Waals surface area (Å²) < 4.78 is 12.6. The second-order valence-electron chi connectivity index (χ2n) is 3.71. The van der Waals surface area contributed by atoms with Crippen LogP contribution in [0.1, 0.15) is 19.7 Å². The van der Waals surface area contributed by atoms with Crippen LogP contribution < -0.4 is 15.2 Å². The average Bonchev–Trinajstić information content (AvgIpc) is 2.89. The number of hydrogen-bond acceptors (Lipinski definition) is 6. The van der Waals surface area contributed by atoms with Gasteiger partial charge in [0, 0.05) is 6.07 Å². The summed E-state index contributed by atoms with van der Waals surface area (Å²) in [4.78, 5) is 0. The lowest BCUT2D eigenvalue weighted by Gasteiger charge is -2.12. The van der Waals surface area contributed by atoms with Gasteiger partial charge in [0.15, 0.2) is 5.82 Å². The van der Waals surface area contributed by atoms with Gasteiger partial charge in [-0.15, -0.1) is 5.10 Å². The number of nitrogens with zero attached hydrogens (tertiary/aromatic N) is 4. The molecule has 0 saturated heterocycles. The molecule has 1 aromatic heterocycles. The lowest BCUT2D eigenvalue weighted by molar-refractivity contribution is 0.328. The van der Waals surface area contributed by atoms with E-state index in [9.17, 15) is 0 Å². The van der Waals surface area contributed by atoms with Gasteiger partial charge in [0.25, 0.3) is 0 Å². The van der Waals surface area contributed by atoms with Gasteiger partial charge in [-0.25, -0.2) is 0 Å². The van der Waals surface area contributed by atoms with Gasteiger partial charge in [-0.05, 0) is 36.4 Å². The van der Waals surface area contributed by atoms with Gasteiger partial charge in [0.2, 0.25) is 0 Å². The molecule has 0 amide bonds. The SMILES string of the molecule is CCOc1ccc(OCC)c(-n2nnnc2CN)c1. The second-order valence-corrected chi connectivity index (χ2v) is 3.71. The van der Waals surface area contributed by atoms with Gasteiger partial charge >= 0.3 is 0 Å². The smallest absolute Gasteiger partial charge is 0.170 e. The molecule has 0 fully saturated rings. The summed E-state index contributed by atoms with van der Waals surface area (Å²) in [6, 6.07) is 5.53. The predicted molar refractivity (Wildman–Crippen MR) is 69.4 cm³/mol. The third-order valence-electron chi connectivity index (χ3n) is 2.49. The maximum Gasteiger partial charge on any atom is 0.170 e. The molecule has 0 radical (unpaired) electrons. The molecule has 0 aliphatic carbocycles. The zero-order chi connectivity index (χ0) is 13.7. The Morgan fingerprint density at radius 2 is 2.00 bits per heavy atom. The number of hydrogen-bond donors (Lipinski definition) is 1. The highest BCUT2D eigenvalue weighted by atomic mass is 16.5. The van der Waals surface area contributed by atoms with Gasteiger partial charge in [-0.2, -0.15) is 4.68 Å². The van der Waals surface area contributed by atoms with Gasteiger partial charge < -0.3 is 15.2 Å². The highest BCUT2D eigenvalue weighted by Crippen LogP contribution is 2.27. The monoisotopic (exact) mass is 263 g/mol. The minimum Gasteiger partial charge on any atom is -0.494 e. The number of ether oxygens (including phenoxy) is 2. The molecule has 19 heavy (non-hydrogen) atoms. The fraction of sp³-hybridized carbons (Fsp3) is 0.417. The summed E-state index contributed by atoms with van der Waals surface area (Å²) in [6.07, 6.45) is 0. The Morgan fingerprint density at radius 3 is 2.68 bits per heavy atom. The molecule has 0 spiro atoms. The van der Waals surface area contributed by atoms with Crippen LogP contribution >= 0.6 is 0 Å². The largest absolute Gasteiger partial charge is 0.494 e. The van der Waals surface area contributed by atoms with E-state index in [0.29, 0.717) is 24.8 Å². The van der Waals surface area contributed by atoms with Crippen molar-refractivity contribution in [3.05, 3.63) is 24.0 Å². The number of nitrogens with two attached hydrogens (primary N) is 1. The molecule has 0 unspecified atom stereocenters. The molecule has 102 valence electrons. The van der Waals surface area contributed by atoms with E-state index >= 15 is 0 Å². The van der Waals surface area contributed by atoms with Crippen LogP contribution in [-0.4, -0.2) is 33.4 Å². The van der Waals surface area contributed by atoms with Crippen LogP contribution in [-0.2, 0) is 6.54 Å². The summed E-state index contributed by atoms with van der Waals surface area (Å²) in [5, 5.41) is 11.4. The van der Waals surface area contributed by atoms with Crippen molar-refractivity contribution < 1.29 is 9.47 Å². The highest BCUT2D eigenvalue weighted by Gasteiger charge is 2.13. The standard InChI is InChI=1S/C12H17N5O2/c1-3-18-9-5-6-11(19-4-2)10(7-9)17-12(8-13)14-15-16-17/h5-7H,3-4,8,13H2,1-2H3. The van der Waals surface area contributed by atoms with E-state index in [1.54, 1.807) is 4.68 Å². The van der Waals surface area contributed by atoms with Crippen LogP contribution in [0.25, 0.3) is 5.69 Å². The van der Waals surface area contributed by atoms with Crippen molar-refractivity contribution in [3.63, 3.8) is 0 Å². The first-order chi connectivity index (χ1) is 9.30. The molecule has 0 atom stereocenters. The summed E-state index contributed by atoms with van der Waals surface area (Å²) in [5.41, 5.74) is 6.34. The molecule has 7 heteroatoms. The van der Waals surface area contributed by atoms with E-state index in [2.05, 4.69) is 15.5 Å². The Balaban J connectivity index is 2.48. The number of benzene rings is 1. The first-order valence-corrected chi connectivity index (χ1v) is 6.17. The molecule has 0 aliphatic rings. The minimum atomic E-state index is 0.247. The number of rotatable bonds is 6. The third kappa shape index (κ3) is 2.82.